The number of carbonyl (C=O) groups is 2. The molecule has 10 aromatic carbocycles. The molecule has 12 rings (SSSR count). The van der Waals surface area contributed by atoms with E-state index in [9.17, 15) is 19.8 Å². The summed E-state index contributed by atoms with van der Waals surface area (Å²) in [6.45, 7) is 15.2. The SMILES string of the molecule is C=C1Cc2c(O)c(cc3ccccc23)OCCOCCOCCOCCOCCOc2cc3ccccc3c(c2OC(=O)c2ccc(N=Nc3ccc(C(=O)Oc4c5cc6ccccc6c4CC(=C)Cc4c(O)c(cc6ccccc46)OCCOCCOCCOCCOCCO5)cc3)cc2)C1. The number of ether oxygens (including phenoxy) is 14. The molecule has 0 saturated carbocycles. The Morgan fingerprint density at radius 3 is 0.863 bits per heavy atom. The molecule has 2 aliphatic rings. The van der Waals surface area contributed by atoms with E-state index < -0.39 is 11.9 Å². The maximum absolute atomic E-state index is 14.5. The average molecular weight is 1380 g/mol. The predicted octanol–water partition coefficient (Wildman–Crippen LogP) is 14.9. The minimum atomic E-state index is -0.655. The van der Waals surface area contributed by atoms with E-state index in [1.165, 1.54) is 0 Å². The van der Waals surface area contributed by atoms with Gasteiger partial charge in [0.05, 0.1) is 128 Å². The first-order valence-electron chi connectivity index (χ1n) is 34.2. The van der Waals surface area contributed by atoms with Crippen molar-refractivity contribution in [1.82, 2.24) is 0 Å². The van der Waals surface area contributed by atoms with Crippen LogP contribution in [0.4, 0.5) is 11.4 Å². The molecule has 20 nitrogen and oxygen atoms in total. The second-order valence-electron chi connectivity index (χ2n) is 24.2. The van der Waals surface area contributed by atoms with Crippen LogP contribution >= 0.6 is 0 Å². The van der Waals surface area contributed by atoms with Crippen LogP contribution in [0.15, 0.2) is 204 Å². The van der Waals surface area contributed by atoms with E-state index in [4.69, 9.17) is 66.3 Å². The zero-order chi connectivity index (χ0) is 70.2. The number of aromatic hydroxyl groups is 2. The van der Waals surface area contributed by atoms with Gasteiger partial charge >= 0.3 is 11.9 Å². The summed E-state index contributed by atoms with van der Waals surface area (Å²) in [6, 6.07) is 51.5. The van der Waals surface area contributed by atoms with Crippen LogP contribution in [0, 0.1) is 0 Å². The van der Waals surface area contributed by atoms with Crippen molar-refractivity contribution in [2.45, 2.75) is 25.7 Å². The highest BCUT2D eigenvalue weighted by atomic mass is 16.6. The third-order valence-electron chi connectivity index (χ3n) is 17.1. The van der Waals surface area contributed by atoms with Gasteiger partial charge in [0.15, 0.2) is 46.0 Å². The number of phenolic OH excluding ortho intramolecular Hbond substituents is 2. The zero-order valence-electron chi connectivity index (χ0n) is 56.9. The molecular weight excluding hydrogens is 1300 g/mol. The molecule has 0 atom stereocenters. The standard InChI is InChI=1S/C82H82N2O18/c1-55-47-69-65-15-7-3-11-59(65)51-73(77(69)85)97-43-39-93-35-31-89-27-29-91-33-37-95-41-45-99-75-53-61-13-5-9-17-67(61)71(49-55)79(75)101-81(87)57-19-23-63(24-20-57)83-84-64-25-21-58(22-26-64)82(88)102-80-72-50-56(2)48-70-66-16-8-4-12-60(66)52-74(78(70)86)98-44-40-94-36-32-90-28-30-92-34-38-96-42-46-100-76(80)54-62-14-6-10-18-68(62)72/h3-26,51-54,85-86H,1-2,27-50H2. The summed E-state index contributed by atoms with van der Waals surface area (Å²) in [6.07, 6.45) is 1.00. The number of allylic oxidation sites excluding steroid dienone is 2. The molecule has 528 valence electrons. The number of esters is 2. The summed E-state index contributed by atoms with van der Waals surface area (Å²) >= 11 is 0. The second-order valence-corrected chi connectivity index (χ2v) is 24.2. The monoisotopic (exact) mass is 1380 g/mol. The Kier molecular flexibility index (Phi) is 25.5. The van der Waals surface area contributed by atoms with Crippen LogP contribution in [0.25, 0.3) is 43.1 Å². The van der Waals surface area contributed by atoms with Crippen molar-refractivity contribution < 1.29 is 86.1 Å². The van der Waals surface area contributed by atoms with Gasteiger partial charge in [-0.1, -0.05) is 121 Å². The summed E-state index contributed by atoms with van der Waals surface area (Å²) in [5, 5.41) is 39.4. The van der Waals surface area contributed by atoms with E-state index in [0.29, 0.717) is 136 Å². The van der Waals surface area contributed by atoms with E-state index in [2.05, 4.69) is 23.4 Å². The van der Waals surface area contributed by atoms with Crippen LogP contribution in [-0.2, 0) is 63.6 Å². The Bertz CT molecular complexity index is 4290. The molecule has 0 spiro atoms. The maximum atomic E-state index is 14.5. The average Bonchev–Trinajstić information content (AvgIpc) is 0.741. The molecule has 10 aromatic rings. The molecule has 2 aliphatic heterocycles. The normalized spacial score (nSPS) is 16.2. The van der Waals surface area contributed by atoms with Crippen molar-refractivity contribution in [3.8, 4) is 46.0 Å². The highest BCUT2D eigenvalue weighted by molar-refractivity contribution is 5.98. The highest BCUT2D eigenvalue weighted by Crippen LogP contribution is 2.45. The summed E-state index contributed by atoms with van der Waals surface area (Å²) in [5.74, 6) is 0.401. The van der Waals surface area contributed by atoms with E-state index in [1.54, 1.807) is 48.5 Å². The van der Waals surface area contributed by atoms with Gasteiger partial charge < -0.3 is 76.5 Å². The minimum Gasteiger partial charge on any atom is -0.504 e. The molecule has 0 radical (unpaired) electrons. The number of rotatable bonds is 6. The summed E-state index contributed by atoms with van der Waals surface area (Å²) in [7, 11) is 0. The lowest BCUT2D eigenvalue weighted by Crippen LogP contribution is -2.15. The molecule has 0 saturated heterocycles. The molecule has 0 unspecified atom stereocenters. The summed E-state index contributed by atoms with van der Waals surface area (Å²) in [5.41, 5.74) is 5.36. The zero-order valence-corrected chi connectivity index (χ0v) is 56.9. The van der Waals surface area contributed by atoms with Crippen molar-refractivity contribution in [3.05, 3.63) is 228 Å². The largest absolute Gasteiger partial charge is 0.504 e. The molecule has 20 heteroatoms. The lowest BCUT2D eigenvalue weighted by atomic mass is 9.92. The Morgan fingerprint density at radius 1 is 0.314 bits per heavy atom. The number of phenols is 2. The molecule has 0 fully saturated rings. The van der Waals surface area contributed by atoms with Crippen LogP contribution in [0.5, 0.6) is 46.0 Å². The van der Waals surface area contributed by atoms with Gasteiger partial charge in [0.1, 0.15) is 26.4 Å². The Balaban J connectivity index is 0.766. The molecule has 0 amide bonds. The fourth-order valence-corrected chi connectivity index (χ4v) is 12.1. The first-order valence-corrected chi connectivity index (χ1v) is 34.2. The van der Waals surface area contributed by atoms with Gasteiger partial charge in [0.2, 0.25) is 0 Å². The van der Waals surface area contributed by atoms with Gasteiger partial charge in [0.25, 0.3) is 0 Å². The maximum Gasteiger partial charge on any atom is 0.343 e. The predicted molar refractivity (Wildman–Crippen MR) is 388 cm³/mol. The van der Waals surface area contributed by atoms with Gasteiger partial charge in [-0.2, -0.15) is 10.2 Å². The number of hydrogen-bond acceptors (Lipinski definition) is 20. The first-order chi connectivity index (χ1) is 50.1. The summed E-state index contributed by atoms with van der Waals surface area (Å²) in [4.78, 5) is 29.0. The van der Waals surface area contributed by atoms with Crippen molar-refractivity contribution >= 4 is 66.4 Å². The lowest BCUT2D eigenvalue weighted by molar-refractivity contribution is -0.00709. The topological polar surface area (TPSA) is 229 Å². The van der Waals surface area contributed by atoms with Crippen LogP contribution < -0.4 is 28.4 Å². The van der Waals surface area contributed by atoms with E-state index in [-0.39, 0.29) is 113 Å². The molecule has 2 heterocycles. The molecule has 102 heavy (non-hydrogen) atoms. The summed E-state index contributed by atoms with van der Waals surface area (Å²) < 4.78 is 83.9. The number of azo groups is 1. The van der Waals surface area contributed by atoms with Gasteiger partial charge in [-0.3, -0.25) is 0 Å². The molecule has 0 aromatic heterocycles. The molecule has 2 N–H and O–H groups in total. The van der Waals surface area contributed by atoms with Gasteiger partial charge in [-0.05, 0) is 142 Å². The second kappa shape index (κ2) is 36.4. The van der Waals surface area contributed by atoms with Gasteiger partial charge in [0, 0.05) is 22.3 Å². The number of benzene rings is 10. The van der Waals surface area contributed by atoms with E-state index in [1.807, 2.05) is 121 Å². The van der Waals surface area contributed by atoms with E-state index in [0.717, 1.165) is 54.2 Å². The van der Waals surface area contributed by atoms with Crippen molar-refractivity contribution in [2.75, 3.05) is 132 Å². The number of hydrogen-bond donors (Lipinski definition) is 2. The Hall–Kier alpha value is -10.3. The van der Waals surface area contributed by atoms with Crippen LogP contribution in [0.2, 0.25) is 0 Å². The lowest BCUT2D eigenvalue weighted by Gasteiger charge is -2.20. The number of nitrogens with zero attached hydrogens (tertiary/aromatic N) is 2. The first kappa shape index (κ1) is 71.6. The number of carbonyl (C=O) groups excluding carboxylic acids is 2. The Morgan fingerprint density at radius 2 is 0.559 bits per heavy atom. The molecular formula is C82H82N2O18. The third-order valence-corrected chi connectivity index (χ3v) is 17.1. The quantitative estimate of drug-likeness (QED) is 0.0682. The number of fused-ring (bicyclic) bond motifs is 16. The van der Waals surface area contributed by atoms with E-state index >= 15 is 0 Å². The minimum absolute atomic E-state index is 0.00142. The fourth-order valence-electron chi connectivity index (χ4n) is 12.1. The third kappa shape index (κ3) is 19.0. The smallest absolute Gasteiger partial charge is 0.343 e. The fraction of sp³-hybridized carbons (Fsp3) is 0.293. The Labute approximate surface area is 591 Å². The van der Waals surface area contributed by atoms with Crippen LogP contribution in [0.3, 0.4) is 0 Å². The van der Waals surface area contributed by atoms with Crippen molar-refractivity contribution in [1.29, 1.82) is 0 Å². The van der Waals surface area contributed by atoms with Gasteiger partial charge in [-0.15, -0.1) is 0 Å². The van der Waals surface area contributed by atoms with Crippen LogP contribution in [0.1, 0.15) is 43.0 Å². The molecule has 8 bridgehead atoms. The highest BCUT2D eigenvalue weighted by Gasteiger charge is 2.26. The van der Waals surface area contributed by atoms with Crippen molar-refractivity contribution in [2.24, 2.45) is 10.2 Å². The molecule has 0 aliphatic carbocycles. The van der Waals surface area contributed by atoms with Crippen LogP contribution in [-0.4, -0.2) is 154 Å². The van der Waals surface area contributed by atoms with Crippen molar-refractivity contribution in [3.63, 3.8) is 0 Å². The van der Waals surface area contributed by atoms with Gasteiger partial charge in [-0.25, -0.2) is 9.59 Å².